The van der Waals surface area contributed by atoms with Gasteiger partial charge in [-0.15, -0.1) is 0 Å². The molecule has 40 heavy (non-hydrogen) atoms. The number of para-hydroxylation sites is 1. The Labute approximate surface area is 235 Å². The Bertz CT molecular complexity index is 1600. The van der Waals surface area contributed by atoms with E-state index in [9.17, 15) is 14.7 Å². The van der Waals surface area contributed by atoms with Crippen LogP contribution in [-0.4, -0.2) is 49.2 Å². The summed E-state index contributed by atoms with van der Waals surface area (Å²) in [6.45, 7) is 7.74. The molecule has 7 heteroatoms. The van der Waals surface area contributed by atoms with Crippen molar-refractivity contribution in [2.75, 3.05) is 37.4 Å². The van der Waals surface area contributed by atoms with Gasteiger partial charge in [0.25, 0.3) is 0 Å². The number of anilines is 2. The van der Waals surface area contributed by atoms with E-state index in [0.717, 1.165) is 42.6 Å². The van der Waals surface area contributed by atoms with Crippen molar-refractivity contribution >= 4 is 28.3 Å². The van der Waals surface area contributed by atoms with Gasteiger partial charge in [-0.05, 0) is 95.7 Å². The van der Waals surface area contributed by atoms with Crippen molar-refractivity contribution < 1.29 is 14.3 Å². The molecule has 0 radical (unpaired) electrons. The van der Waals surface area contributed by atoms with Crippen molar-refractivity contribution in [2.45, 2.75) is 45.7 Å². The number of carboxylic acids is 1. The number of fused-ring (bicyclic) bond motifs is 1. The Morgan fingerprint density at radius 2 is 1.73 bits per heavy atom. The van der Waals surface area contributed by atoms with Crippen LogP contribution in [0.25, 0.3) is 22.3 Å². The van der Waals surface area contributed by atoms with E-state index >= 15 is 0 Å². The summed E-state index contributed by atoms with van der Waals surface area (Å²) in [4.78, 5) is 30.1. The molecule has 1 fully saturated rings. The molecule has 2 N–H and O–H groups in total. The molecule has 1 aliphatic rings. The second-order valence-corrected chi connectivity index (χ2v) is 11.1. The van der Waals surface area contributed by atoms with Crippen molar-refractivity contribution in [1.82, 2.24) is 4.90 Å². The SMILES string of the molecule is Cc1cc(C(C)Nc2ccccc2C(=O)O)c2oc(-c3ccc(N4CCC(N(C)C)CC4)cc3)c(C)c(=O)c2c1. The third kappa shape index (κ3) is 5.34. The first-order valence-electron chi connectivity index (χ1n) is 13.8. The van der Waals surface area contributed by atoms with Gasteiger partial charge in [-0.3, -0.25) is 4.79 Å². The normalized spacial score (nSPS) is 15.0. The van der Waals surface area contributed by atoms with Crippen LogP contribution in [0.15, 0.2) is 69.9 Å². The summed E-state index contributed by atoms with van der Waals surface area (Å²) < 4.78 is 6.53. The lowest BCUT2D eigenvalue weighted by Gasteiger charge is -2.36. The highest BCUT2D eigenvalue weighted by atomic mass is 16.4. The lowest BCUT2D eigenvalue weighted by Crippen LogP contribution is -2.41. The monoisotopic (exact) mass is 539 g/mol. The first-order valence-corrected chi connectivity index (χ1v) is 13.8. The number of hydrogen-bond donors (Lipinski definition) is 2. The topological polar surface area (TPSA) is 86.0 Å². The minimum Gasteiger partial charge on any atom is -0.478 e. The van der Waals surface area contributed by atoms with E-state index in [0.29, 0.717) is 34.0 Å². The smallest absolute Gasteiger partial charge is 0.337 e. The number of benzene rings is 3. The number of carbonyl (C=O) groups is 1. The molecule has 0 saturated carbocycles. The summed E-state index contributed by atoms with van der Waals surface area (Å²) in [5.41, 5.74) is 5.49. The van der Waals surface area contributed by atoms with Crippen LogP contribution >= 0.6 is 0 Å². The summed E-state index contributed by atoms with van der Waals surface area (Å²) in [7, 11) is 4.29. The molecule has 7 nitrogen and oxygen atoms in total. The van der Waals surface area contributed by atoms with Crippen LogP contribution in [-0.2, 0) is 0 Å². The van der Waals surface area contributed by atoms with Crippen LogP contribution in [0, 0.1) is 13.8 Å². The lowest BCUT2D eigenvalue weighted by atomic mass is 9.98. The second kappa shape index (κ2) is 11.2. The van der Waals surface area contributed by atoms with E-state index in [-0.39, 0.29) is 17.0 Å². The zero-order valence-corrected chi connectivity index (χ0v) is 23.8. The van der Waals surface area contributed by atoms with Crippen LogP contribution in [0.3, 0.4) is 0 Å². The second-order valence-electron chi connectivity index (χ2n) is 11.1. The van der Waals surface area contributed by atoms with Gasteiger partial charge in [0.2, 0.25) is 0 Å². The molecule has 3 aromatic carbocycles. The van der Waals surface area contributed by atoms with Crippen LogP contribution in [0.2, 0.25) is 0 Å². The Balaban J connectivity index is 1.50. The molecule has 1 aliphatic heterocycles. The maximum atomic E-state index is 13.6. The van der Waals surface area contributed by atoms with Crippen LogP contribution < -0.4 is 15.6 Å². The van der Waals surface area contributed by atoms with E-state index in [1.54, 1.807) is 24.3 Å². The molecule has 1 unspecified atom stereocenters. The average Bonchev–Trinajstić information content (AvgIpc) is 2.95. The third-order valence-electron chi connectivity index (χ3n) is 8.08. The molecule has 2 heterocycles. The van der Waals surface area contributed by atoms with E-state index in [1.165, 1.54) is 5.69 Å². The average molecular weight is 540 g/mol. The van der Waals surface area contributed by atoms with Crippen molar-refractivity contribution in [2.24, 2.45) is 0 Å². The molecule has 0 amide bonds. The first-order chi connectivity index (χ1) is 19.1. The fourth-order valence-electron chi connectivity index (χ4n) is 5.74. The van der Waals surface area contributed by atoms with E-state index in [4.69, 9.17) is 4.42 Å². The number of hydrogen-bond acceptors (Lipinski definition) is 6. The van der Waals surface area contributed by atoms with Gasteiger partial charge < -0.3 is 24.6 Å². The Morgan fingerprint density at radius 1 is 1.05 bits per heavy atom. The van der Waals surface area contributed by atoms with E-state index in [2.05, 4.69) is 41.3 Å². The molecule has 0 bridgehead atoms. The van der Waals surface area contributed by atoms with Crippen LogP contribution in [0.4, 0.5) is 11.4 Å². The maximum absolute atomic E-state index is 13.6. The highest BCUT2D eigenvalue weighted by Gasteiger charge is 2.22. The Morgan fingerprint density at radius 3 is 2.38 bits per heavy atom. The predicted molar refractivity (Wildman–Crippen MR) is 162 cm³/mol. The molecule has 5 rings (SSSR count). The highest BCUT2D eigenvalue weighted by molar-refractivity contribution is 5.94. The number of carboxylic acid groups (broad SMARTS) is 1. The van der Waals surface area contributed by atoms with Crippen LogP contribution in [0.1, 0.15) is 52.9 Å². The van der Waals surface area contributed by atoms with E-state index < -0.39 is 5.97 Å². The van der Waals surface area contributed by atoms with E-state index in [1.807, 2.05) is 45.0 Å². The maximum Gasteiger partial charge on any atom is 0.337 e. The van der Waals surface area contributed by atoms with Crippen LogP contribution in [0.5, 0.6) is 0 Å². The van der Waals surface area contributed by atoms with Crippen molar-refractivity contribution in [3.63, 3.8) is 0 Å². The summed E-state index contributed by atoms with van der Waals surface area (Å²) >= 11 is 0. The molecular formula is C33H37N3O4. The van der Waals surface area contributed by atoms with Gasteiger partial charge >= 0.3 is 5.97 Å². The molecule has 0 spiro atoms. The number of aromatic carboxylic acids is 1. The molecule has 208 valence electrons. The minimum absolute atomic E-state index is 0.0610. The van der Waals surface area contributed by atoms with Gasteiger partial charge in [0, 0.05) is 47.2 Å². The Kier molecular flexibility index (Phi) is 7.68. The fraction of sp³-hybridized carbons (Fsp3) is 0.333. The molecule has 1 aromatic heterocycles. The van der Waals surface area contributed by atoms with Gasteiger partial charge in [-0.25, -0.2) is 4.79 Å². The summed E-state index contributed by atoms with van der Waals surface area (Å²) in [6, 6.07) is 19.3. The zero-order chi connectivity index (χ0) is 28.6. The van der Waals surface area contributed by atoms with Gasteiger partial charge in [0.15, 0.2) is 5.43 Å². The standard InChI is InChI=1S/C33H37N3O4/c1-20-18-27(22(3)34-29-9-7-6-8-26(29)33(38)39)32-28(19-20)30(37)21(2)31(40-32)23-10-12-25(13-11-23)36-16-14-24(15-17-36)35(4)5/h6-13,18-19,22,24,34H,14-17H2,1-5H3,(H,38,39). The quantitative estimate of drug-likeness (QED) is 0.278. The van der Waals surface area contributed by atoms with Gasteiger partial charge in [-0.1, -0.05) is 18.2 Å². The summed E-state index contributed by atoms with van der Waals surface area (Å²) in [5, 5.41) is 13.5. The van der Waals surface area contributed by atoms with Crippen molar-refractivity contribution in [3.8, 4) is 11.3 Å². The molecule has 4 aromatic rings. The predicted octanol–water partition coefficient (Wildman–Crippen LogP) is 6.48. The number of rotatable bonds is 7. The number of aryl methyl sites for hydroxylation is 1. The molecule has 1 saturated heterocycles. The summed E-state index contributed by atoms with van der Waals surface area (Å²) in [5.74, 6) is -0.446. The fourth-order valence-corrected chi connectivity index (χ4v) is 5.74. The molecule has 1 atom stereocenters. The number of piperidine rings is 1. The zero-order valence-electron chi connectivity index (χ0n) is 23.8. The highest BCUT2D eigenvalue weighted by Crippen LogP contribution is 2.33. The van der Waals surface area contributed by atoms with Gasteiger partial charge in [-0.2, -0.15) is 0 Å². The Hall–Kier alpha value is -4.10. The number of nitrogens with zero attached hydrogens (tertiary/aromatic N) is 2. The molecule has 0 aliphatic carbocycles. The van der Waals surface area contributed by atoms with Gasteiger partial charge in [0.05, 0.1) is 17.0 Å². The first kappa shape index (κ1) is 27.5. The lowest BCUT2D eigenvalue weighted by molar-refractivity contribution is 0.0698. The largest absolute Gasteiger partial charge is 0.478 e. The molecular weight excluding hydrogens is 502 g/mol. The third-order valence-corrected chi connectivity index (χ3v) is 8.08. The van der Waals surface area contributed by atoms with Crippen molar-refractivity contribution in [1.29, 1.82) is 0 Å². The van der Waals surface area contributed by atoms with Crippen molar-refractivity contribution in [3.05, 3.63) is 93.1 Å². The van der Waals surface area contributed by atoms with Gasteiger partial charge in [0.1, 0.15) is 11.3 Å². The summed E-state index contributed by atoms with van der Waals surface area (Å²) in [6.07, 6.45) is 2.28. The minimum atomic E-state index is -1.00. The number of nitrogens with one attached hydrogen (secondary N) is 1.